The molecule has 0 radical (unpaired) electrons. The highest BCUT2D eigenvalue weighted by Gasteiger charge is 2.60. The number of aliphatic hydroxyl groups excluding tert-OH is 1. The molecule has 4 rings (SSSR count). The summed E-state index contributed by atoms with van der Waals surface area (Å²) in [5, 5.41) is 10.3. The SMILES string of the molecule is CC(C)CCC[C@H](C)[C@H]1CC[C@H]2[C@@H]3CC[C@@H]4C[C@@H](O)CC[C@]4(C)[C@H]3CC[C@]12C. The number of hydrogen-bond acceptors (Lipinski definition) is 1. The molecular formula is C27H48O. The molecule has 0 bridgehead atoms. The third-order valence-electron chi connectivity index (χ3n) is 10.8. The highest BCUT2D eigenvalue weighted by molar-refractivity contribution is 5.09. The van der Waals surface area contributed by atoms with Crippen LogP contribution in [0.3, 0.4) is 0 Å². The van der Waals surface area contributed by atoms with Crippen LogP contribution in [0.1, 0.15) is 112 Å². The monoisotopic (exact) mass is 388 g/mol. The second-order valence-corrected chi connectivity index (χ2v) is 12.6. The van der Waals surface area contributed by atoms with Gasteiger partial charge in [-0.25, -0.2) is 0 Å². The number of rotatable bonds is 5. The molecule has 9 atom stereocenters. The molecule has 0 heterocycles. The van der Waals surface area contributed by atoms with Crippen molar-refractivity contribution < 1.29 is 5.11 Å². The largest absolute Gasteiger partial charge is 0.393 e. The van der Waals surface area contributed by atoms with E-state index < -0.39 is 0 Å². The zero-order chi connectivity index (χ0) is 20.1. The minimum Gasteiger partial charge on any atom is -0.393 e. The minimum absolute atomic E-state index is 0.00830. The van der Waals surface area contributed by atoms with Crippen LogP contribution >= 0.6 is 0 Å². The van der Waals surface area contributed by atoms with Crippen molar-refractivity contribution in [3.05, 3.63) is 0 Å². The van der Waals surface area contributed by atoms with Crippen LogP contribution in [-0.2, 0) is 0 Å². The van der Waals surface area contributed by atoms with E-state index >= 15 is 0 Å². The van der Waals surface area contributed by atoms with Gasteiger partial charge in [0.2, 0.25) is 0 Å². The molecule has 0 saturated heterocycles. The van der Waals surface area contributed by atoms with Gasteiger partial charge in [-0.3, -0.25) is 0 Å². The Hall–Kier alpha value is -0.0400. The van der Waals surface area contributed by atoms with Crippen molar-refractivity contribution in [2.24, 2.45) is 52.3 Å². The van der Waals surface area contributed by atoms with Crippen molar-refractivity contribution in [2.45, 2.75) is 118 Å². The van der Waals surface area contributed by atoms with Gasteiger partial charge < -0.3 is 5.11 Å². The Kier molecular flexibility index (Phi) is 5.98. The van der Waals surface area contributed by atoms with Gasteiger partial charge in [-0.05, 0) is 110 Å². The maximum atomic E-state index is 10.3. The highest BCUT2D eigenvalue weighted by Crippen LogP contribution is 2.68. The summed E-state index contributed by atoms with van der Waals surface area (Å²) in [6.45, 7) is 12.7. The predicted molar refractivity (Wildman–Crippen MR) is 119 cm³/mol. The van der Waals surface area contributed by atoms with Gasteiger partial charge in [-0.1, -0.05) is 53.9 Å². The topological polar surface area (TPSA) is 20.2 Å². The lowest BCUT2D eigenvalue weighted by molar-refractivity contribution is -0.129. The molecule has 0 unspecified atom stereocenters. The summed E-state index contributed by atoms with van der Waals surface area (Å²) in [6, 6.07) is 0. The summed E-state index contributed by atoms with van der Waals surface area (Å²) in [5.41, 5.74) is 1.15. The van der Waals surface area contributed by atoms with Crippen molar-refractivity contribution in [3.63, 3.8) is 0 Å². The summed E-state index contributed by atoms with van der Waals surface area (Å²) in [4.78, 5) is 0. The van der Waals surface area contributed by atoms with Crippen molar-refractivity contribution in [1.82, 2.24) is 0 Å². The Morgan fingerprint density at radius 3 is 2.29 bits per heavy atom. The van der Waals surface area contributed by atoms with E-state index in [1.54, 1.807) is 0 Å². The van der Waals surface area contributed by atoms with E-state index in [0.717, 1.165) is 54.3 Å². The molecule has 0 spiro atoms. The van der Waals surface area contributed by atoms with Gasteiger partial charge in [-0.2, -0.15) is 0 Å². The summed E-state index contributed by atoms with van der Waals surface area (Å²) in [6.07, 6.45) is 16.6. The molecule has 1 heteroatoms. The van der Waals surface area contributed by atoms with Gasteiger partial charge in [0, 0.05) is 0 Å². The smallest absolute Gasteiger partial charge is 0.0543 e. The Balaban J connectivity index is 1.46. The van der Waals surface area contributed by atoms with E-state index in [0.29, 0.717) is 10.8 Å². The van der Waals surface area contributed by atoms with E-state index in [1.165, 1.54) is 64.2 Å². The molecule has 4 saturated carbocycles. The van der Waals surface area contributed by atoms with E-state index in [-0.39, 0.29) is 6.10 Å². The van der Waals surface area contributed by atoms with Gasteiger partial charge >= 0.3 is 0 Å². The number of fused-ring (bicyclic) bond motifs is 5. The molecule has 0 aliphatic heterocycles. The summed E-state index contributed by atoms with van der Waals surface area (Å²) in [7, 11) is 0. The normalized spacial score (nSPS) is 49.4. The second kappa shape index (κ2) is 7.90. The summed E-state index contributed by atoms with van der Waals surface area (Å²) in [5.74, 6) is 6.49. The lowest BCUT2D eigenvalue weighted by atomic mass is 9.44. The first kappa shape index (κ1) is 21.2. The first-order chi connectivity index (χ1) is 13.3. The zero-order valence-corrected chi connectivity index (χ0v) is 19.6. The van der Waals surface area contributed by atoms with Crippen LogP contribution in [0.25, 0.3) is 0 Å². The number of aliphatic hydroxyl groups is 1. The molecule has 1 nitrogen and oxygen atoms in total. The van der Waals surface area contributed by atoms with Crippen LogP contribution < -0.4 is 0 Å². The van der Waals surface area contributed by atoms with Crippen LogP contribution in [0.5, 0.6) is 0 Å². The Labute approximate surface area is 175 Å². The molecule has 0 amide bonds. The molecule has 0 aromatic heterocycles. The summed E-state index contributed by atoms with van der Waals surface area (Å²) < 4.78 is 0. The van der Waals surface area contributed by atoms with Gasteiger partial charge in [-0.15, -0.1) is 0 Å². The van der Waals surface area contributed by atoms with E-state index in [1.807, 2.05) is 0 Å². The van der Waals surface area contributed by atoms with Crippen LogP contribution in [0, 0.1) is 52.3 Å². The van der Waals surface area contributed by atoms with Crippen molar-refractivity contribution in [1.29, 1.82) is 0 Å². The van der Waals surface area contributed by atoms with E-state index in [9.17, 15) is 5.11 Å². The predicted octanol–water partition coefficient (Wildman–Crippen LogP) is 7.47. The Bertz CT molecular complexity index is 540. The lowest BCUT2D eigenvalue weighted by Gasteiger charge is -2.61. The van der Waals surface area contributed by atoms with Gasteiger partial charge in [0.05, 0.1) is 6.10 Å². The van der Waals surface area contributed by atoms with E-state index in [2.05, 4.69) is 34.6 Å². The quantitative estimate of drug-likeness (QED) is 0.518. The Morgan fingerprint density at radius 1 is 0.821 bits per heavy atom. The molecule has 0 aromatic carbocycles. The van der Waals surface area contributed by atoms with E-state index in [4.69, 9.17) is 0 Å². The van der Waals surface area contributed by atoms with Crippen molar-refractivity contribution >= 4 is 0 Å². The fourth-order valence-electron chi connectivity index (χ4n) is 9.26. The van der Waals surface area contributed by atoms with Crippen molar-refractivity contribution in [3.8, 4) is 0 Å². The van der Waals surface area contributed by atoms with Crippen LogP contribution in [-0.4, -0.2) is 11.2 Å². The average Bonchev–Trinajstić information content (AvgIpc) is 2.99. The van der Waals surface area contributed by atoms with Crippen molar-refractivity contribution in [2.75, 3.05) is 0 Å². The Morgan fingerprint density at radius 2 is 1.54 bits per heavy atom. The average molecular weight is 389 g/mol. The fraction of sp³-hybridized carbons (Fsp3) is 1.00. The van der Waals surface area contributed by atoms with Gasteiger partial charge in [0.15, 0.2) is 0 Å². The van der Waals surface area contributed by atoms with Crippen LogP contribution in [0.15, 0.2) is 0 Å². The van der Waals surface area contributed by atoms with Gasteiger partial charge in [0.1, 0.15) is 0 Å². The van der Waals surface area contributed by atoms with Gasteiger partial charge in [0.25, 0.3) is 0 Å². The molecule has 0 aromatic rings. The minimum atomic E-state index is -0.00830. The third-order valence-corrected chi connectivity index (χ3v) is 10.8. The highest BCUT2D eigenvalue weighted by atomic mass is 16.3. The second-order valence-electron chi connectivity index (χ2n) is 12.6. The molecular weight excluding hydrogens is 340 g/mol. The van der Waals surface area contributed by atoms with Crippen LogP contribution in [0.2, 0.25) is 0 Å². The first-order valence-electron chi connectivity index (χ1n) is 12.9. The fourth-order valence-corrected chi connectivity index (χ4v) is 9.26. The van der Waals surface area contributed by atoms with Crippen LogP contribution in [0.4, 0.5) is 0 Å². The molecule has 4 aliphatic rings. The standard InChI is InChI=1S/C27H48O/c1-18(2)7-6-8-19(3)23-11-12-24-22-10-9-20-17-21(28)13-15-26(20,4)25(22)14-16-27(23,24)5/h18-25,28H,6-17H2,1-5H3/t19-,20+,21-,22-,23+,24-,25-,26-,27+/m0/s1. The molecule has 4 fully saturated rings. The summed E-state index contributed by atoms with van der Waals surface area (Å²) >= 11 is 0. The first-order valence-corrected chi connectivity index (χ1v) is 12.9. The lowest BCUT2D eigenvalue weighted by Crippen LogP contribution is -2.54. The zero-order valence-electron chi connectivity index (χ0n) is 19.6. The maximum absolute atomic E-state index is 10.3. The number of hydrogen-bond donors (Lipinski definition) is 1. The molecule has 4 aliphatic carbocycles. The third kappa shape index (κ3) is 3.50. The molecule has 1 N–H and O–H groups in total. The maximum Gasteiger partial charge on any atom is 0.0543 e. The molecule has 28 heavy (non-hydrogen) atoms. The molecule has 162 valence electrons.